The third-order valence-corrected chi connectivity index (χ3v) is 6.90. The Labute approximate surface area is 217 Å². The van der Waals surface area contributed by atoms with Crippen molar-refractivity contribution in [2.75, 3.05) is 30.8 Å². The normalized spacial score (nSPS) is 12.1. The molecule has 0 aliphatic carbocycles. The minimum absolute atomic E-state index is 0.0389. The second-order valence-electron chi connectivity index (χ2n) is 9.15. The first-order chi connectivity index (χ1) is 17.3. The van der Waals surface area contributed by atoms with Crippen molar-refractivity contribution in [2.24, 2.45) is 5.92 Å². The van der Waals surface area contributed by atoms with E-state index in [1.165, 1.54) is 24.1 Å². The predicted octanol–water partition coefficient (Wildman–Crippen LogP) is 2.87. The molecule has 0 heterocycles. The Morgan fingerprint density at radius 2 is 1.78 bits per heavy atom. The van der Waals surface area contributed by atoms with E-state index in [0.717, 1.165) is 27.8 Å². The number of methoxy groups -OCH3 is 1. The zero-order valence-corrected chi connectivity index (χ0v) is 22.7. The van der Waals surface area contributed by atoms with E-state index in [9.17, 15) is 28.1 Å². The van der Waals surface area contributed by atoms with Crippen LogP contribution in [-0.2, 0) is 26.2 Å². The summed E-state index contributed by atoms with van der Waals surface area (Å²) in [6.07, 6.45) is 0.892. The third-order valence-electron chi connectivity index (χ3n) is 5.77. The number of non-ortho nitro benzene ring substituents is 1. The molecule has 37 heavy (non-hydrogen) atoms. The minimum atomic E-state index is -4.09. The summed E-state index contributed by atoms with van der Waals surface area (Å²) in [4.78, 5) is 38.5. The summed E-state index contributed by atoms with van der Waals surface area (Å²) >= 11 is 0. The van der Waals surface area contributed by atoms with E-state index in [2.05, 4.69) is 5.32 Å². The van der Waals surface area contributed by atoms with Crippen LogP contribution in [0.15, 0.2) is 42.5 Å². The van der Waals surface area contributed by atoms with Gasteiger partial charge in [-0.3, -0.25) is 24.0 Å². The van der Waals surface area contributed by atoms with Crippen LogP contribution in [0.4, 0.5) is 11.4 Å². The third kappa shape index (κ3) is 7.91. The lowest BCUT2D eigenvalue weighted by Crippen LogP contribution is -2.51. The van der Waals surface area contributed by atoms with Crippen LogP contribution in [0.25, 0.3) is 0 Å². The fourth-order valence-corrected chi connectivity index (χ4v) is 4.43. The van der Waals surface area contributed by atoms with Gasteiger partial charge in [-0.15, -0.1) is 0 Å². The van der Waals surface area contributed by atoms with Crippen molar-refractivity contribution in [1.29, 1.82) is 0 Å². The highest BCUT2D eigenvalue weighted by Gasteiger charge is 2.32. The maximum absolute atomic E-state index is 13.7. The van der Waals surface area contributed by atoms with Crippen molar-refractivity contribution < 1.29 is 27.7 Å². The molecule has 2 rings (SSSR count). The minimum Gasteiger partial charge on any atom is -0.495 e. The topological polar surface area (TPSA) is 139 Å². The molecule has 2 aromatic carbocycles. The molecule has 1 unspecified atom stereocenters. The van der Waals surface area contributed by atoms with Crippen LogP contribution in [0, 0.1) is 23.0 Å². The van der Waals surface area contributed by atoms with Crippen molar-refractivity contribution in [2.45, 2.75) is 40.3 Å². The van der Waals surface area contributed by atoms with Crippen LogP contribution < -0.4 is 14.4 Å². The van der Waals surface area contributed by atoms with Gasteiger partial charge in [-0.2, -0.15) is 0 Å². The lowest BCUT2D eigenvalue weighted by Gasteiger charge is -2.32. The summed E-state index contributed by atoms with van der Waals surface area (Å²) in [6, 6.07) is 9.93. The largest absolute Gasteiger partial charge is 0.495 e. The summed E-state index contributed by atoms with van der Waals surface area (Å²) in [5, 5.41) is 14.2. The second kappa shape index (κ2) is 12.5. The molecular weight excluding hydrogens is 500 g/mol. The molecule has 0 saturated carbocycles. The molecule has 0 radical (unpaired) electrons. The number of anilines is 1. The Morgan fingerprint density at radius 1 is 1.14 bits per heavy atom. The van der Waals surface area contributed by atoms with Gasteiger partial charge in [0, 0.05) is 25.2 Å². The number of rotatable bonds is 12. The highest BCUT2D eigenvalue weighted by Crippen LogP contribution is 2.34. The maximum atomic E-state index is 13.7. The Balaban J connectivity index is 2.51. The number of nitrogens with zero attached hydrogens (tertiary/aromatic N) is 3. The highest BCUT2D eigenvalue weighted by molar-refractivity contribution is 7.92. The quantitative estimate of drug-likeness (QED) is 0.326. The number of hydrogen-bond acceptors (Lipinski definition) is 7. The molecule has 2 amide bonds. The van der Waals surface area contributed by atoms with Gasteiger partial charge in [-0.05, 0) is 37.0 Å². The van der Waals surface area contributed by atoms with Gasteiger partial charge >= 0.3 is 0 Å². The van der Waals surface area contributed by atoms with Crippen LogP contribution in [-0.4, -0.2) is 62.6 Å². The monoisotopic (exact) mass is 534 g/mol. The number of sulfonamides is 1. The molecule has 12 heteroatoms. The lowest BCUT2D eigenvalue weighted by atomic mass is 10.1. The van der Waals surface area contributed by atoms with Gasteiger partial charge in [-0.1, -0.05) is 38.1 Å². The average molecular weight is 535 g/mol. The molecule has 0 saturated heterocycles. The van der Waals surface area contributed by atoms with Gasteiger partial charge in [0.15, 0.2) is 0 Å². The van der Waals surface area contributed by atoms with E-state index in [0.29, 0.717) is 6.54 Å². The van der Waals surface area contributed by atoms with Crippen molar-refractivity contribution in [3.63, 3.8) is 0 Å². The first-order valence-corrected chi connectivity index (χ1v) is 13.5. The van der Waals surface area contributed by atoms with E-state index < -0.39 is 33.4 Å². The average Bonchev–Trinajstić information content (AvgIpc) is 2.83. The Hall–Kier alpha value is -3.67. The number of aryl methyl sites for hydroxylation is 1. The molecule has 11 nitrogen and oxygen atoms in total. The number of carbonyl (C=O) groups excluding carboxylic acids is 2. The van der Waals surface area contributed by atoms with Crippen molar-refractivity contribution in [1.82, 2.24) is 10.2 Å². The summed E-state index contributed by atoms with van der Waals surface area (Å²) in [5.41, 5.74) is 1.17. The van der Waals surface area contributed by atoms with E-state index >= 15 is 0 Å². The number of hydrogen-bond donors (Lipinski definition) is 1. The zero-order chi connectivity index (χ0) is 27.9. The smallest absolute Gasteiger partial charge is 0.271 e. The van der Waals surface area contributed by atoms with E-state index in [1.807, 2.05) is 45.0 Å². The van der Waals surface area contributed by atoms with Crippen molar-refractivity contribution in [3.05, 3.63) is 63.7 Å². The molecule has 0 fully saturated rings. The molecule has 0 aliphatic rings. The fraction of sp³-hybridized carbons (Fsp3) is 0.440. The van der Waals surface area contributed by atoms with Gasteiger partial charge in [0.25, 0.3) is 5.69 Å². The summed E-state index contributed by atoms with van der Waals surface area (Å²) in [7, 11) is -2.80. The summed E-state index contributed by atoms with van der Waals surface area (Å²) in [6.45, 7) is 7.11. The maximum Gasteiger partial charge on any atom is 0.271 e. The number of nitrogens with one attached hydrogen (secondary N) is 1. The zero-order valence-electron chi connectivity index (χ0n) is 21.9. The lowest BCUT2D eigenvalue weighted by molar-refractivity contribution is -0.384. The molecule has 0 aliphatic heterocycles. The molecule has 0 bridgehead atoms. The van der Waals surface area contributed by atoms with Crippen LogP contribution in [0.2, 0.25) is 0 Å². The second-order valence-corrected chi connectivity index (χ2v) is 11.1. The van der Waals surface area contributed by atoms with Gasteiger partial charge in [0.1, 0.15) is 24.0 Å². The van der Waals surface area contributed by atoms with Crippen LogP contribution >= 0.6 is 0 Å². The molecule has 1 atom stereocenters. The van der Waals surface area contributed by atoms with Crippen LogP contribution in [0.5, 0.6) is 5.75 Å². The molecule has 2 aromatic rings. The Bertz CT molecular complexity index is 1250. The predicted molar refractivity (Wildman–Crippen MR) is 141 cm³/mol. The summed E-state index contributed by atoms with van der Waals surface area (Å²) < 4.78 is 31.6. The number of carbonyl (C=O) groups is 2. The number of ether oxygens (including phenoxy) is 1. The molecule has 1 N–H and O–H groups in total. The number of nitro benzene ring substituents is 1. The van der Waals surface area contributed by atoms with Gasteiger partial charge < -0.3 is 15.0 Å². The van der Waals surface area contributed by atoms with Gasteiger partial charge in [0.2, 0.25) is 21.8 Å². The van der Waals surface area contributed by atoms with Crippen molar-refractivity contribution in [3.8, 4) is 5.75 Å². The first-order valence-electron chi connectivity index (χ1n) is 11.7. The van der Waals surface area contributed by atoms with E-state index in [1.54, 1.807) is 6.92 Å². The highest BCUT2D eigenvalue weighted by atomic mass is 32.2. The van der Waals surface area contributed by atoms with Crippen LogP contribution in [0.1, 0.15) is 31.9 Å². The fourth-order valence-electron chi connectivity index (χ4n) is 3.59. The van der Waals surface area contributed by atoms with Crippen LogP contribution in [0.3, 0.4) is 0 Å². The molecule has 0 aromatic heterocycles. The van der Waals surface area contributed by atoms with E-state index in [-0.39, 0.29) is 35.5 Å². The first kappa shape index (κ1) is 29.6. The number of nitro groups is 1. The molecule has 202 valence electrons. The SMILES string of the molecule is COc1ccc([N+](=O)[O-])cc1N(CC(=O)N(Cc1ccccc1C)C(C)C(=O)NCC(C)C)S(C)(=O)=O. The number of amides is 2. The Kier molecular flexibility index (Phi) is 10.0. The van der Waals surface area contributed by atoms with Gasteiger partial charge in [0.05, 0.1) is 18.3 Å². The Morgan fingerprint density at radius 3 is 2.32 bits per heavy atom. The standard InChI is InChI=1S/C25H34N4O7S/c1-17(2)14-26-25(31)19(4)27(15-20-10-8-7-9-18(20)3)24(30)16-28(37(6,34)35)22-13-21(29(32)33)11-12-23(22)36-5/h7-13,17,19H,14-16H2,1-6H3,(H,26,31). The molecule has 0 spiro atoms. The molecular formula is C25H34N4O7S. The summed E-state index contributed by atoms with van der Waals surface area (Å²) in [5.74, 6) is -0.806. The van der Waals surface area contributed by atoms with Gasteiger partial charge in [-0.25, -0.2) is 8.42 Å². The number of benzene rings is 2. The van der Waals surface area contributed by atoms with E-state index in [4.69, 9.17) is 4.74 Å². The van der Waals surface area contributed by atoms with Crippen molar-refractivity contribution >= 4 is 33.2 Å².